The van der Waals surface area contributed by atoms with Crippen LogP contribution in [0.2, 0.25) is 0 Å². The highest BCUT2D eigenvalue weighted by Crippen LogP contribution is 2.25. The predicted molar refractivity (Wildman–Crippen MR) is 113 cm³/mol. The standard InChI is InChI=1S/C17H20IN4O4P/c1-12-6-13(9-19-8-12)26-14-7-15(16(20-10-14)21-11-23)17(24)22(2)4-3-5-25-27-18/h6-11,27H,3-5H2,1-2H3,(H,20,21,23). The Morgan fingerprint density at radius 2 is 2.11 bits per heavy atom. The number of halogens is 1. The summed E-state index contributed by atoms with van der Waals surface area (Å²) in [5.41, 5.74) is 1.20. The summed E-state index contributed by atoms with van der Waals surface area (Å²) < 4.78 is 11.1. The Kier molecular flexibility index (Phi) is 8.83. The zero-order chi connectivity index (χ0) is 19.6. The van der Waals surface area contributed by atoms with E-state index in [1.807, 2.05) is 13.0 Å². The summed E-state index contributed by atoms with van der Waals surface area (Å²) in [6.07, 6.45) is 5.94. The number of amides is 2. The Balaban J connectivity index is 2.18. The van der Waals surface area contributed by atoms with Crippen LogP contribution in [0.4, 0.5) is 5.82 Å². The van der Waals surface area contributed by atoms with Gasteiger partial charge in [0, 0.05) is 19.8 Å². The van der Waals surface area contributed by atoms with Crippen LogP contribution in [0, 0.1) is 6.92 Å². The van der Waals surface area contributed by atoms with Gasteiger partial charge in [0.2, 0.25) is 6.41 Å². The summed E-state index contributed by atoms with van der Waals surface area (Å²) in [6, 6.07) is 3.38. The molecule has 0 aliphatic heterocycles. The van der Waals surface area contributed by atoms with Gasteiger partial charge in [-0.3, -0.25) is 14.6 Å². The predicted octanol–water partition coefficient (Wildman–Crippen LogP) is 3.57. The lowest BCUT2D eigenvalue weighted by Gasteiger charge is -2.19. The van der Waals surface area contributed by atoms with Crippen LogP contribution in [0.25, 0.3) is 0 Å². The molecule has 0 bridgehead atoms. The number of hydrogen-bond acceptors (Lipinski definition) is 6. The minimum atomic E-state index is -0.267. The molecular formula is C17H20IN4O4P. The van der Waals surface area contributed by atoms with Gasteiger partial charge in [-0.15, -0.1) is 0 Å². The third-order valence-electron chi connectivity index (χ3n) is 3.52. The van der Waals surface area contributed by atoms with Crippen molar-refractivity contribution in [3.05, 3.63) is 41.9 Å². The van der Waals surface area contributed by atoms with Crippen molar-refractivity contribution in [2.24, 2.45) is 0 Å². The maximum atomic E-state index is 12.8. The molecule has 1 unspecified atom stereocenters. The number of nitrogens with zero attached hydrogens (tertiary/aromatic N) is 3. The maximum absolute atomic E-state index is 12.8. The van der Waals surface area contributed by atoms with Gasteiger partial charge in [-0.1, -0.05) is 0 Å². The highest BCUT2D eigenvalue weighted by atomic mass is 127. The number of aromatic nitrogens is 2. The second-order valence-electron chi connectivity index (χ2n) is 5.64. The molecule has 0 aliphatic rings. The van der Waals surface area contributed by atoms with E-state index in [1.54, 1.807) is 30.4 Å². The average Bonchev–Trinajstić information content (AvgIpc) is 2.66. The van der Waals surface area contributed by atoms with E-state index in [1.165, 1.54) is 6.20 Å². The molecule has 8 nitrogen and oxygen atoms in total. The molecule has 1 atom stereocenters. The van der Waals surface area contributed by atoms with Crippen LogP contribution in [-0.2, 0) is 9.32 Å². The number of rotatable bonds is 10. The van der Waals surface area contributed by atoms with E-state index in [9.17, 15) is 9.59 Å². The largest absolute Gasteiger partial charge is 0.454 e. The van der Waals surface area contributed by atoms with Gasteiger partial charge in [-0.25, -0.2) is 4.98 Å². The van der Waals surface area contributed by atoms with Gasteiger partial charge in [0.25, 0.3) is 5.91 Å². The number of anilines is 1. The SMILES string of the molecule is Cc1cncc(Oc2cnc(NC=O)c(C(=O)N(C)CCCOPI)c2)c1. The fourth-order valence-electron chi connectivity index (χ4n) is 2.27. The van der Waals surface area contributed by atoms with E-state index in [2.05, 4.69) is 37.3 Å². The first-order valence-electron chi connectivity index (χ1n) is 8.07. The Bertz CT molecular complexity index is 793. The molecule has 2 rings (SSSR count). The second-order valence-corrected chi connectivity index (χ2v) is 7.40. The molecule has 0 radical (unpaired) electrons. The van der Waals surface area contributed by atoms with Crippen LogP contribution in [-0.4, -0.2) is 47.4 Å². The molecule has 0 saturated heterocycles. The molecule has 27 heavy (non-hydrogen) atoms. The number of carbonyl (C=O) groups excluding carboxylic acids is 2. The minimum Gasteiger partial charge on any atom is -0.454 e. The lowest BCUT2D eigenvalue weighted by molar-refractivity contribution is -0.105. The van der Waals surface area contributed by atoms with Gasteiger partial charge < -0.3 is 19.5 Å². The molecule has 1 N–H and O–H groups in total. The van der Waals surface area contributed by atoms with E-state index in [-0.39, 0.29) is 17.3 Å². The fourth-order valence-corrected chi connectivity index (χ4v) is 3.16. The number of aryl methyl sites for hydroxylation is 1. The minimum absolute atomic E-state index is 0.182. The molecule has 0 fully saturated rings. The lowest BCUT2D eigenvalue weighted by Crippen LogP contribution is -2.29. The van der Waals surface area contributed by atoms with Crippen molar-refractivity contribution in [1.82, 2.24) is 14.9 Å². The first-order valence-corrected chi connectivity index (χ1v) is 12.1. The zero-order valence-electron chi connectivity index (χ0n) is 14.9. The number of ether oxygens (including phenoxy) is 1. The van der Waals surface area contributed by atoms with Crippen molar-refractivity contribution >= 4 is 46.6 Å². The van der Waals surface area contributed by atoms with E-state index in [0.717, 1.165) is 5.56 Å². The maximum Gasteiger partial charge on any atom is 0.257 e. The Morgan fingerprint density at radius 1 is 1.33 bits per heavy atom. The van der Waals surface area contributed by atoms with Gasteiger partial charge >= 0.3 is 0 Å². The number of pyridine rings is 2. The van der Waals surface area contributed by atoms with E-state index in [0.29, 0.717) is 43.9 Å². The van der Waals surface area contributed by atoms with Crippen molar-refractivity contribution in [3.8, 4) is 11.5 Å². The van der Waals surface area contributed by atoms with Crippen LogP contribution in [0.15, 0.2) is 30.7 Å². The third kappa shape index (κ3) is 6.67. The molecule has 0 saturated carbocycles. The van der Waals surface area contributed by atoms with E-state index >= 15 is 0 Å². The van der Waals surface area contributed by atoms with Crippen LogP contribution in [0.3, 0.4) is 0 Å². The molecule has 2 heterocycles. The van der Waals surface area contributed by atoms with E-state index < -0.39 is 0 Å². The number of nitrogens with one attached hydrogen (secondary N) is 1. The van der Waals surface area contributed by atoms with Gasteiger partial charge in [0.05, 0.1) is 31.0 Å². The van der Waals surface area contributed by atoms with Crippen molar-refractivity contribution in [2.75, 3.05) is 25.5 Å². The second kappa shape index (κ2) is 11.1. The highest BCUT2D eigenvalue weighted by Gasteiger charge is 2.18. The number of hydrogen-bond donors (Lipinski definition) is 1. The number of carbonyl (C=O) groups is 2. The average molecular weight is 502 g/mol. The van der Waals surface area contributed by atoms with Crippen molar-refractivity contribution in [1.29, 1.82) is 0 Å². The Labute approximate surface area is 172 Å². The van der Waals surface area contributed by atoms with Crippen LogP contribution in [0.1, 0.15) is 22.3 Å². The molecular weight excluding hydrogens is 482 g/mol. The first-order chi connectivity index (χ1) is 13.0. The molecule has 0 aromatic carbocycles. The summed E-state index contributed by atoms with van der Waals surface area (Å²) in [4.78, 5) is 33.4. The smallest absolute Gasteiger partial charge is 0.257 e. The van der Waals surface area contributed by atoms with E-state index in [4.69, 9.17) is 9.26 Å². The Morgan fingerprint density at radius 3 is 2.81 bits per heavy atom. The zero-order valence-corrected chi connectivity index (χ0v) is 18.1. The molecule has 144 valence electrons. The molecule has 2 amide bonds. The quantitative estimate of drug-likeness (QED) is 0.231. The highest BCUT2D eigenvalue weighted by molar-refractivity contribution is 14.2. The Hall–Kier alpha value is -1.84. The molecule has 0 aliphatic carbocycles. The first kappa shape index (κ1) is 21.5. The molecule has 0 spiro atoms. The normalized spacial score (nSPS) is 10.8. The van der Waals surface area contributed by atoms with Crippen LogP contribution in [0.5, 0.6) is 11.5 Å². The monoisotopic (exact) mass is 502 g/mol. The van der Waals surface area contributed by atoms with Crippen LogP contribution >= 0.6 is 28.5 Å². The fraction of sp³-hybridized carbons (Fsp3) is 0.294. The lowest BCUT2D eigenvalue weighted by atomic mass is 10.2. The summed E-state index contributed by atoms with van der Waals surface area (Å²) >= 11 is 2.15. The summed E-state index contributed by atoms with van der Waals surface area (Å²) in [5.74, 6) is 0.833. The third-order valence-corrected chi connectivity index (χ3v) is 4.76. The van der Waals surface area contributed by atoms with Gasteiger partial charge in [-0.05, 0) is 53.1 Å². The van der Waals surface area contributed by atoms with Crippen molar-refractivity contribution < 1.29 is 18.8 Å². The molecule has 2 aromatic heterocycles. The summed E-state index contributed by atoms with van der Waals surface area (Å²) in [7, 11) is 1.69. The summed E-state index contributed by atoms with van der Waals surface area (Å²) in [5, 5.41) is 2.46. The summed E-state index contributed by atoms with van der Waals surface area (Å²) in [6.45, 7) is 3.40. The van der Waals surface area contributed by atoms with Crippen molar-refractivity contribution in [3.63, 3.8) is 0 Å². The van der Waals surface area contributed by atoms with Crippen molar-refractivity contribution in [2.45, 2.75) is 13.3 Å². The van der Waals surface area contributed by atoms with Crippen LogP contribution < -0.4 is 10.1 Å². The van der Waals surface area contributed by atoms with Gasteiger partial charge in [0.15, 0.2) is 0 Å². The molecule has 2 aromatic rings. The van der Waals surface area contributed by atoms with Gasteiger partial charge in [-0.2, -0.15) is 0 Å². The van der Waals surface area contributed by atoms with Gasteiger partial charge in [0.1, 0.15) is 17.3 Å². The topological polar surface area (TPSA) is 93.7 Å². The molecule has 10 heteroatoms.